The molecule has 0 saturated heterocycles. The van der Waals surface area contributed by atoms with Gasteiger partial charge in [-0.1, -0.05) is 28.1 Å². The molecule has 0 radical (unpaired) electrons. The van der Waals surface area contributed by atoms with Gasteiger partial charge in [0, 0.05) is 27.6 Å². The molecule has 0 aliphatic heterocycles. The zero-order valence-corrected chi connectivity index (χ0v) is 18.0. The summed E-state index contributed by atoms with van der Waals surface area (Å²) in [5.74, 6) is 1.18. The smallest absolute Gasteiger partial charge is 0.308 e. The zero-order valence-electron chi connectivity index (χ0n) is 16.4. The standard InChI is InChI=1S/C23H24BrNO3/c1-14-19(10-16-11-20(16)23(26)28-3)21-12-18(27-2)8-9-22(21)25(14)13-15-4-6-17(24)7-5-15/h4-9,12,16,20H,10-11,13H2,1-3H3. The van der Waals surface area contributed by atoms with Crippen LogP contribution >= 0.6 is 15.9 Å². The van der Waals surface area contributed by atoms with Crippen molar-refractivity contribution in [3.8, 4) is 5.75 Å². The van der Waals surface area contributed by atoms with Crippen LogP contribution in [0.25, 0.3) is 10.9 Å². The van der Waals surface area contributed by atoms with Crippen LogP contribution in [-0.2, 0) is 22.5 Å². The number of hydrogen-bond acceptors (Lipinski definition) is 3. The number of ether oxygens (including phenoxy) is 2. The van der Waals surface area contributed by atoms with Crippen molar-refractivity contribution in [2.45, 2.75) is 26.3 Å². The first kappa shape index (κ1) is 19.1. The van der Waals surface area contributed by atoms with Crippen molar-refractivity contribution in [2.24, 2.45) is 11.8 Å². The lowest BCUT2D eigenvalue weighted by Gasteiger charge is -2.10. The van der Waals surface area contributed by atoms with Gasteiger partial charge in [0.2, 0.25) is 0 Å². The Morgan fingerprint density at radius 2 is 1.93 bits per heavy atom. The molecular weight excluding hydrogens is 418 g/mol. The fourth-order valence-electron chi connectivity index (χ4n) is 4.07. The van der Waals surface area contributed by atoms with Gasteiger partial charge in [0.25, 0.3) is 0 Å². The summed E-state index contributed by atoms with van der Waals surface area (Å²) in [5, 5.41) is 1.21. The molecule has 1 heterocycles. The molecule has 4 rings (SSSR count). The average Bonchev–Trinajstić information content (AvgIpc) is 3.44. The van der Waals surface area contributed by atoms with Crippen LogP contribution in [0.4, 0.5) is 0 Å². The van der Waals surface area contributed by atoms with Crippen molar-refractivity contribution in [2.75, 3.05) is 14.2 Å². The van der Waals surface area contributed by atoms with E-state index in [1.54, 1.807) is 7.11 Å². The summed E-state index contributed by atoms with van der Waals surface area (Å²) in [6, 6.07) is 14.7. The quantitative estimate of drug-likeness (QED) is 0.498. The van der Waals surface area contributed by atoms with Gasteiger partial charge in [-0.25, -0.2) is 0 Å². The Labute approximate surface area is 173 Å². The first-order valence-corrected chi connectivity index (χ1v) is 10.3. The van der Waals surface area contributed by atoms with Gasteiger partial charge in [0.05, 0.1) is 20.1 Å². The van der Waals surface area contributed by atoms with Gasteiger partial charge < -0.3 is 14.0 Å². The van der Waals surface area contributed by atoms with E-state index in [0.29, 0.717) is 5.92 Å². The normalized spacial score (nSPS) is 18.3. The third-order valence-corrected chi connectivity index (χ3v) is 6.34. The lowest BCUT2D eigenvalue weighted by atomic mass is 10.0. The highest BCUT2D eigenvalue weighted by atomic mass is 79.9. The van der Waals surface area contributed by atoms with E-state index in [1.165, 1.54) is 34.8 Å². The second-order valence-electron chi connectivity index (χ2n) is 7.49. The molecule has 1 saturated carbocycles. The number of benzene rings is 2. The average molecular weight is 442 g/mol. The van der Waals surface area contributed by atoms with Crippen molar-refractivity contribution in [3.63, 3.8) is 0 Å². The second kappa shape index (κ2) is 7.63. The molecule has 2 atom stereocenters. The maximum Gasteiger partial charge on any atom is 0.308 e. The molecule has 2 aromatic carbocycles. The number of fused-ring (bicyclic) bond motifs is 1. The number of aromatic nitrogens is 1. The highest BCUT2D eigenvalue weighted by molar-refractivity contribution is 9.10. The molecule has 1 aliphatic rings. The van der Waals surface area contributed by atoms with Crippen molar-refractivity contribution in [3.05, 3.63) is 63.8 Å². The minimum Gasteiger partial charge on any atom is -0.497 e. The number of nitrogens with zero attached hydrogens (tertiary/aromatic N) is 1. The van der Waals surface area contributed by atoms with E-state index in [2.05, 4.69) is 63.8 Å². The molecular formula is C23H24BrNO3. The Bertz CT molecular complexity index is 1020. The maximum absolute atomic E-state index is 11.8. The number of hydrogen-bond donors (Lipinski definition) is 0. The lowest BCUT2D eigenvalue weighted by molar-refractivity contribution is -0.142. The Kier molecular flexibility index (Phi) is 5.19. The fourth-order valence-corrected chi connectivity index (χ4v) is 4.33. The van der Waals surface area contributed by atoms with Crippen molar-refractivity contribution < 1.29 is 14.3 Å². The van der Waals surface area contributed by atoms with Crippen LogP contribution in [0.1, 0.15) is 23.2 Å². The number of methoxy groups -OCH3 is 2. The maximum atomic E-state index is 11.8. The summed E-state index contributed by atoms with van der Waals surface area (Å²) in [4.78, 5) is 11.8. The van der Waals surface area contributed by atoms with Crippen LogP contribution in [0.15, 0.2) is 46.9 Å². The van der Waals surface area contributed by atoms with Crippen LogP contribution in [0.3, 0.4) is 0 Å². The second-order valence-corrected chi connectivity index (χ2v) is 8.40. The van der Waals surface area contributed by atoms with Crippen LogP contribution in [0, 0.1) is 18.8 Å². The number of carbonyl (C=O) groups is 1. The summed E-state index contributed by atoms with van der Waals surface area (Å²) in [7, 11) is 3.17. The first-order valence-electron chi connectivity index (χ1n) is 9.49. The van der Waals surface area contributed by atoms with E-state index in [9.17, 15) is 4.79 Å². The molecule has 0 bridgehead atoms. The highest BCUT2D eigenvalue weighted by Gasteiger charge is 2.44. The van der Waals surface area contributed by atoms with Crippen molar-refractivity contribution >= 4 is 32.8 Å². The first-order chi connectivity index (χ1) is 13.5. The number of esters is 1. The Hall–Kier alpha value is -2.27. The Balaban J connectivity index is 1.72. The SMILES string of the molecule is COC(=O)C1CC1Cc1c(C)n(Cc2ccc(Br)cc2)c2ccc(OC)cc12. The molecule has 0 amide bonds. The zero-order chi connectivity index (χ0) is 19.8. The third-order valence-electron chi connectivity index (χ3n) is 5.81. The third kappa shape index (κ3) is 3.55. The van der Waals surface area contributed by atoms with E-state index in [1.807, 2.05) is 6.07 Å². The molecule has 0 spiro atoms. The summed E-state index contributed by atoms with van der Waals surface area (Å²) in [6.45, 7) is 2.99. The van der Waals surface area contributed by atoms with Crippen LogP contribution in [0.2, 0.25) is 0 Å². The van der Waals surface area contributed by atoms with E-state index < -0.39 is 0 Å². The number of rotatable bonds is 6. The molecule has 28 heavy (non-hydrogen) atoms. The Morgan fingerprint density at radius 1 is 1.18 bits per heavy atom. The summed E-state index contributed by atoms with van der Waals surface area (Å²) in [5.41, 5.74) is 5.01. The monoisotopic (exact) mass is 441 g/mol. The molecule has 3 aromatic rings. The van der Waals surface area contributed by atoms with Gasteiger partial charge >= 0.3 is 5.97 Å². The van der Waals surface area contributed by atoms with Crippen molar-refractivity contribution in [1.29, 1.82) is 0 Å². The van der Waals surface area contributed by atoms with Gasteiger partial charge in [0.1, 0.15) is 5.75 Å². The Morgan fingerprint density at radius 3 is 2.61 bits per heavy atom. The minimum atomic E-state index is -0.0844. The topological polar surface area (TPSA) is 40.5 Å². The van der Waals surface area contributed by atoms with E-state index in [-0.39, 0.29) is 11.9 Å². The van der Waals surface area contributed by atoms with Gasteiger partial charge in [-0.3, -0.25) is 4.79 Å². The summed E-state index contributed by atoms with van der Waals surface area (Å²) in [6.07, 6.45) is 1.80. The molecule has 5 heteroatoms. The molecule has 1 aliphatic carbocycles. The predicted molar refractivity (Wildman–Crippen MR) is 114 cm³/mol. The van der Waals surface area contributed by atoms with E-state index in [0.717, 1.165) is 29.6 Å². The molecule has 4 nitrogen and oxygen atoms in total. The molecule has 1 aromatic heterocycles. The van der Waals surface area contributed by atoms with Gasteiger partial charge in [0.15, 0.2) is 0 Å². The van der Waals surface area contributed by atoms with Gasteiger partial charge in [-0.05, 0) is 67.1 Å². The van der Waals surface area contributed by atoms with Crippen LogP contribution in [0.5, 0.6) is 5.75 Å². The number of carbonyl (C=O) groups excluding carboxylic acids is 1. The lowest BCUT2D eigenvalue weighted by Crippen LogP contribution is -2.06. The minimum absolute atomic E-state index is 0.0416. The van der Waals surface area contributed by atoms with Gasteiger partial charge in [-0.2, -0.15) is 0 Å². The van der Waals surface area contributed by atoms with Crippen LogP contribution in [-0.4, -0.2) is 24.8 Å². The number of halogens is 1. The largest absolute Gasteiger partial charge is 0.497 e. The summed E-state index contributed by atoms with van der Waals surface area (Å²) >= 11 is 3.50. The molecule has 0 N–H and O–H groups in total. The van der Waals surface area contributed by atoms with Gasteiger partial charge in [-0.15, -0.1) is 0 Å². The van der Waals surface area contributed by atoms with E-state index in [4.69, 9.17) is 9.47 Å². The highest BCUT2D eigenvalue weighted by Crippen LogP contribution is 2.44. The molecule has 1 fully saturated rings. The van der Waals surface area contributed by atoms with Crippen LogP contribution < -0.4 is 4.74 Å². The van der Waals surface area contributed by atoms with Crippen molar-refractivity contribution in [1.82, 2.24) is 4.57 Å². The molecule has 146 valence electrons. The van der Waals surface area contributed by atoms with E-state index >= 15 is 0 Å². The predicted octanol–water partition coefficient (Wildman–Crippen LogP) is 5.12. The molecule has 2 unspecified atom stereocenters. The summed E-state index contributed by atoms with van der Waals surface area (Å²) < 4.78 is 13.8. The fraction of sp³-hybridized carbons (Fsp3) is 0.348.